The average Bonchev–Trinajstić information content (AvgIpc) is 2.59. The molecule has 1 heterocycles. The zero-order chi connectivity index (χ0) is 11.5. The van der Waals surface area contributed by atoms with Crippen molar-refractivity contribution in [3.63, 3.8) is 0 Å². The van der Waals surface area contributed by atoms with E-state index in [9.17, 15) is 0 Å². The van der Waals surface area contributed by atoms with Gasteiger partial charge in [0.2, 0.25) is 0 Å². The highest BCUT2D eigenvalue weighted by molar-refractivity contribution is 9.10. The quantitative estimate of drug-likeness (QED) is 0.915. The number of halogens is 1. The van der Waals surface area contributed by atoms with Gasteiger partial charge >= 0.3 is 0 Å². The number of aryl methyl sites for hydroxylation is 1. The molecule has 1 aromatic heterocycles. The van der Waals surface area contributed by atoms with Crippen molar-refractivity contribution in [2.24, 2.45) is 0 Å². The summed E-state index contributed by atoms with van der Waals surface area (Å²) in [6, 6.07) is 7.92. The van der Waals surface area contributed by atoms with E-state index in [0.29, 0.717) is 17.1 Å². The zero-order valence-electron chi connectivity index (χ0n) is 8.77. The molecule has 16 heavy (non-hydrogen) atoms. The molecule has 0 saturated carbocycles. The molecule has 1 aromatic carbocycles. The first-order chi connectivity index (χ1) is 7.68. The van der Waals surface area contributed by atoms with Gasteiger partial charge in [-0.05, 0) is 30.7 Å². The molecule has 0 amide bonds. The van der Waals surface area contributed by atoms with E-state index in [2.05, 4.69) is 21.1 Å². The average molecular weight is 279 g/mol. The molecule has 2 aromatic rings. The molecule has 0 aliphatic heterocycles. The van der Waals surface area contributed by atoms with Crippen molar-refractivity contribution in [3.05, 3.63) is 45.8 Å². The molecule has 0 spiro atoms. The number of benzene rings is 1. The second-order valence-corrected chi connectivity index (χ2v) is 4.26. The van der Waals surface area contributed by atoms with Gasteiger partial charge in [-0.1, -0.05) is 39.3 Å². The number of nitrogens with zero attached hydrogens (tertiary/aromatic N) is 1. The van der Waals surface area contributed by atoms with Gasteiger partial charge in [-0.15, -0.1) is 0 Å². The Kier molecular flexibility index (Phi) is 3.10. The lowest BCUT2D eigenvalue weighted by Gasteiger charge is -1.95. The Balaban J connectivity index is 2.28. The lowest BCUT2D eigenvalue weighted by atomic mass is 10.2. The molecule has 0 fully saturated rings. The summed E-state index contributed by atoms with van der Waals surface area (Å²) in [6.45, 7) is 1.81. The van der Waals surface area contributed by atoms with Gasteiger partial charge in [0.25, 0.3) is 0 Å². The van der Waals surface area contributed by atoms with Crippen LogP contribution in [0.1, 0.15) is 17.0 Å². The fourth-order valence-corrected chi connectivity index (χ4v) is 1.71. The smallest absolute Gasteiger partial charge is 0.182 e. The van der Waals surface area contributed by atoms with E-state index in [1.807, 2.05) is 43.3 Å². The van der Waals surface area contributed by atoms with Crippen molar-refractivity contribution in [1.29, 1.82) is 0 Å². The number of rotatable bonds is 2. The number of aromatic nitrogens is 1. The molecule has 0 aliphatic rings. The summed E-state index contributed by atoms with van der Waals surface area (Å²) in [5, 5.41) is 3.79. The van der Waals surface area contributed by atoms with Crippen LogP contribution in [-0.2, 0) is 0 Å². The van der Waals surface area contributed by atoms with Gasteiger partial charge in [-0.2, -0.15) is 0 Å². The van der Waals surface area contributed by atoms with E-state index in [1.54, 1.807) is 0 Å². The SMILES string of the molecule is Cc1noc(/C=C/c2ccccc2Br)c1N. The van der Waals surface area contributed by atoms with Gasteiger partial charge < -0.3 is 10.3 Å². The summed E-state index contributed by atoms with van der Waals surface area (Å²) < 4.78 is 6.11. The van der Waals surface area contributed by atoms with Gasteiger partial charge in [0.1, 0.15) is 11.4 Å². The highest BCUT2D eigenvalue weighted by Gasteiger charge is 2.05. The third-order valence-electron chi connectivity index (χ3n) is 2.26. The van der Waals surface area contributed by atoms with Crippen LogP contribution < -0.4 is 5.73 Å². The molecule has 4 heteroatoms. The lowest BCUT2D eigenvalue weighted by Crippen LogP contribution is -1.86. The number of hydrogen-bond acceptors (Lipinski definition) is 3. The van der Waals surface area contributed by atoms with E-state index in [1.165, 1.54) is 0 Å². The maximum atomic E-state index is 5.79. The van der Waals surface area contributed by atoms with Crippen LogP contribution in [0.4, 0.5) is 5.69 Å². The van der Waals surface area contributed by atoms with Crippen molar-refractivity contribution in [3.8, 4) is 0 Å². The van der Waals surface area contributed by atoms with Crippen LogP contribution in [-0.4, -0.2) is 5.16 Å². The third kappa shape index (κ3) is 2.17. The Labute approximate surface area is 102 Å². The maximum absolute atomic E-state index is 5.79. The predicted octanol–water partition coefficient (Wildman–Crippen LogP) is 3.50. The van der Waals surface area contributed by atoms with Crippen LogP contribution in [0.2, 0.25) is 0 Å². The molecule has 2 rings (SSSR count). The molecule has 82 valence electrons. The van der Waals surface area contributed by atoms with Gasteiger partial charge in [-0.25, -0.2) is 0 Å². The predicted molar refractivity (Wildman–Crippen MR) is 68.7 cm³/mol. The molecule has 0 bridgehead atoms. The van der Waals surface area contributed by atoms with Gasteiger partial charge in [0.15, 0.2) is 5.76 Å². The van der Waals surface area contributed by atoms with Crippen LogP contribution in [0.3, 0.4) is 0 Å². The fraction of sp³-hybridized carbons (Fsp3) is 0.0833. The molecule has 0 atom stereocenters. The van der Waals surface area contributed by atoms with E-state index >= 15 is 0 Å². The maximum Gasteiger partial charge on any atom is 0.182 e. The Morgan fingerprint density at radius 3 is 2.69 bits per heavy atom. The minimum Gasteiger partial charge on any atom is -0.394 e. The minimum absolute atomic E-state index is 0.586. The molecular weight excluding hydrogens is 268 g/mol. The molecule has 0 unspecified atom stereocenters. The summed E-state index contributed by atoms with van der Waals surface area (Å²) in [7, 11) is 0. The standard InChI is InChI=1S/C12H11BrN2O/c1-8-12(14)11(16-15-8)7-6-9-4-2-3-5-10(9)13/h2-7H,14H2,1H3/b7-6+. The summed E-state index contributed by atoms with van der Waals surface area (Å²) in [5.74, 6) is 0.591. The first kappa shape index (κ1) is 11.0. The van der Waals surface area contributed by atoms with Gasteiger partial charge in [0.05, 0.1) is 0 Å². The lowest BCUT2D eigenvalue weighted by molar-refractivity contribution is 0.408. The van der Waals surface area contributed by atoms with Crippen LogP contribution in [0.25, 0.3) is 12.2 Å². The normalized spacial score (nSPS) is 11.1. The molecule has 0 saturated heterocycles. The van der Waals surface area contributed by atoms with Gasteiger partial charge in [0, 0.05) is 4.47 Å². The van der Waals surface area contributed by atoms with E-state index in [0.717, 1.165) is 10.0 Å². The van der Waals surface area contributed by atoms with E-state index < -0.39 is 0 Å². The zero-order valence-corrected chi connectivity index (χ0v) is 10.4. The first-order valence-electron chi connectivity index (χ1n) is 4.83. The highest BCUT2D eigenvalue weighted by atomic mass is 79.9. The van der Waals surface area contributed by atoms with Crippen molar-refractivity contribution in [2.45, 2.75) is 6.92 Å². The number of nitrogen functional groups attached to an aromatic ring is 1. The van der Waals surface area contributed by atoms with Crippen LogP contribution >= 0.6 is 15.9 Å². The van der Waals surface area contributed by atoms with Gasteiger partial charge in [-0.3, -0.25) is 0 Å². The Hall–Kier alpha value is -1.55. The van der Waals surface area contributed by atoms with Crippen LogP contribution in [0.5, 0.6) is 0 Å². The largest absolute Gasteiger partial charge is 0.394 e. The van der Waals surface area contributed by atoms with Crippen LogP contribution in [0.15, 0.2) is 33.3 Å². The van der Waals surface area contributed by atoms with Crippen molar-refractivity contribution < 1.29 is 4.52 Å². The molecule has 0 aliphatic carbocycles. The number of nitrogens with two attached hydrogens (primary N) is 1. The number of anilines is 1. The second kappa shape index (κ2) is 4.53. The summed E-state index contributed by atoms with van der Waals surface area (Å²) in [5.41, 5.74) is 8.15. The monoisotopic (exact) mass is 278 g/mol. The Morgan fingerprint density at radius 1 is 1.31 bits per heavy atom. The first-order valence-corrected chi connectivity index (χ1v) is 5.62. The van der Waals surface area contributed by atoms with Crippen molar-refractivity contribution in [1.82, 2.24) is 5.16 Å². The van der Waals surface area contributed by atoms with Crippen molar-refractivity contribution >= 4 is 33.8 Å². The van der Waals surface area contributed by atoms with Crippen molar-refractivity contribution in [2.75, 3.05) is 5.73 Å². The summed E-state index contributed by atoms with van der Waals surface area (Å²) >= 11 is 3.46. The summed E-state index contributed by atoms with van der Waals surface area (Å²) in [6.07, 6.45) is 3.75. The number of hydrogen-bond donors (Lipinski definition) is 1. The highest BCUT2D eigenvalue weighted by Crippen LogP contribution is 2.21. The second-order valence-electron chi connectivity index (χ2n) is 3.40. The topological polar surface area (TPSA) is 52.0 Å². The van der Waals surface area contributed by atoms with E-state index in [4.69, 9.17) is 10.3 Å². The molecule has 2 N–H and O–H groups in total. The molecule has 3 nitrogen and oxygen atoms in total. The van der Waals surface area contributed by atoms with E-state index in [-0.39, 0.29) is 0 Å². The Bertz CT molecular complexity index is 532. The van der Waals surface area contributed by atoms with Crippen LogP contribution in [0, 0.1) is 6.92 Å². The minimum atomic E-state index is 0.586. The summed E-state index contributed by atoms with van der Waals surface area (Å²) in [4.78, 5) is 0. The molecule has 0 radical (unpaired) electrons. The Morgan fingerprint density at radius 2 is 2.06 bits per heavy atom. The third-order valence-corrected chi connectivity index (χ3v) is 2.98. The molecular formula is C12H11BrN2O. The fourth-order valence-electron chi connectivity index (χ4n) is 1.29.